The van der Waals surface area contributed by atoms with Gasteiger partial charge in [-0.3, -0.25) is 9.78 Å². The van der Waals surface area contributed by atoms with Crippen molar-refractivity contribution in [1.29, 1.82) is 0 Å². The standard InChI is InChI=1S/C17H19N3O3S/c21-17(15-7-9-18-10-8-15)19-13-14-3-5-16(6-4-14)24(22,23)20-11-1-2-12-20/h3-10H,1-2,11-13H2,(H,19,21). The van der Waals surface area contributed by atoms with Gasteiger partial charge < -0.3 is 5.32 Å². The van der Waals surface area contributed by atoms with Crippen LogP contribution in [0.4, 0.5) is 0 Å². The molecule has 2 heterocycles. The Kier molecular flexibility index (Phi) is 4.92. The second kappa shape index (κ2) is 7.11. The molecule has 6 nitrogen and oxygen atoms in total. The van der Waals surface area contributed by atoms with Gasteiger partial charge in [-0.25, -0.2) is 8.42 Å². The summed E-state index contributed by atoms with van der Waals surface area (Å²) in [5.41, 5.74) is 1.39. The van der Waals surface area contributed by atoms with E-state index in [-0.39, 0.29) is 5.91 Å². The maximum Gasteiger partial charge on any atom is 0.251 e. The lowest BCUT2D eigenvalue weighted by Crippen LogP contribution is -2.28. The zero-order chi connectivity index (χ0) is 17.0. The van der Waals surface area contributed by atoms with Crippen molar-refractivity contribution in [2.45, 2.75) is 24.3 Å². The van der Waals surface area contributed by atoms with E-state index in [9.17, 15) is 13.2 Å². The van der Waals surface area contributed by atoms with E-state index < -0.39 is 10.0 Å². The fourth-order valence-corrected chi connectivity index (χ4v) is 4.16. The molecule has 2 aromatic rings. The Labute approximate surface area is 141 Å². The first-order chi connectivity index (χ1) is 11.6. The quantitative estimate of drug-likeness (QED) is 0.896. The monoisotopic (exact) mass is 345 g/mol. The van der Waals surface area contributed by atoms with Crippen LogP contribution in [0.1, 0.15) is 28.8 Å². The third-order valence-electron chi connectivity index (χ3n) is 4.02. The highest BCUT2D eigenvalue weighted by Crippen LogP contribution is 2.21. The van der Waals surface area contributed by atoms with Gasteiger partial charge in [0, 0.05) is 37.6 Å². The van der Waals surface area contributed by atoms with Gasteiger partial charge >= 0.3 is 0 Å². The van der Waals surface area contributed by atoms with Crippen molar-refractivity contribution in [3.8, 4) is 0 Å². The maximum atomic E-state index is 12.4. The molecule has 126 valence electrons. The Morgan fingerprint density at radius 1 is 1.04 bits per heavy atom. The smallest absolute Gasteiger partial charge is 0.251 e. The molecule has 0 spiro atoms. The normalized spacial score (nSPS) is 15.3. The first kappa shape index (κ1) is 16.6. The number of benzene rings is 1. The lowest BCUT2D eigenvalue weighted by molar-refractivity contribution is 0.0951. The van der Waals surface area contributed by atoms with Crippen LogP contribution in [0.15, 0.2) is 53.7 Å². The van der Waals surface area contributed by atoms with Gasteiger partial charge in [-0.2, -0.15) is 4.31 Å². The molecule has 1 aromatic heterocycles. The van der Waals surface area contributed by atoms with Gasteiger partial charge in [0.25, 0.3) is 5.91 Å². The maximum absolute atomic E-state index is 12.4. The molecule has 0 aliphatic carbocycles. The van der Waals surface area contributed by atoms with E-state index in [1.54, 1.807) is 48.8 Å². The van der Waals surface area contributed by atoms with Crippen LogP contribution in [-0.2, 0) is 16.6 Å². The summed E-state index contributed by atoms with van der Waals surface area (Å²) in [6, 6.07) is 9.94. The van der Waals surface area contributed by atoms with Crippen molar-refractivity contribution in [1.82, 2.24) is 14.6 Å². The average molecular weight is 345 g/mol. The summed E-state index contributed by atoms with van der Waals surface area (Å²) in [5.74, 6) is -0.189. The predicted octanol–water partition coefficient (Wildman–Crippen LogP) is 1.80. The summed E-state index contributed by atoms with van der Waals surface area (Å²) in [6.45, 7) is 1.52. The number of nitrogens with zero attached hydrogens (tertiary/aromatic N) is 2. The van der Waals surface area contributed by atoms with Gasteiger partial charge in [-0.05, 0) is 42.7 Å². The minimum absolute atomic E-state index is 0.189. The summed E-state index contributed by atoms with van der Waals surface area (Å²) in [6.07, 6.45) is 4.95. The largest absolute Gasteiger partial charge is 0.348 e. The van der Waals surface area contributed by atoms with E-state index in [2.05, 4.69) is 10.3 Å². The summed E-state index contributed by atoms with van der Waals surface area (Å²) in [5, 5.41) is 2.80. The Morgan fingerprint density at radius 2 is 1.67 bits per heavy atom. The lowest BCUT2D eigenvalue weighted by Gasteiger charge is -2.15. The highest BCUT2D eigenvalue weighted by molar-refractivity contribution is 7.89. The molecule has 24 heavy (non-hydrogen) atoms. The lowest BCUT2D eigenvalue weighted by atomic mass is 10.2. The molecule has 0 atom stereocenters. The third-order valence-corrected chi connectivity index (χ3v) is 5.93. The molecule has 7 heteroatoms. The van der Waals surface area contributed by atoms with E-state index in [1.807, 2.05) is 0 Å². The molecule has 0 bridgehead atoms. The van der Waals surface area contributed by atoms with Crippen molar-refractivity contribution in [2.24, 2.45) is 0 Å². The van der Waals surface area contributed by atoms with E-state index >= 15 is 0 Å². The van der Waals surface area contributed by atoms with Crippen LogP contribution in [0.25, 0.3) is 0 Å². The van der Waals surface area contributed by atoms with Crippen LogP contribution in [0, 0.1) is 0 Å². The SMILES string of the molecule is O=C(NCc1ccc(S(=O)(=O)N2CCCC2)cc1)c1ccncc1. The Bertz CT molecular complexity index is 799. The van der Waals surface area contributed by atoms with Crippen LogP contribution in [-0.4, -0.2) is 36.7 Å². The minimum Gasteiger partial charge on any atom is -0.348 e. The molecule has 1 N–H and O–H groups in total. The topological polar surface area (TPSA) is 79.4 Å². The van der Waals surface area contributed by atoms with E-state index in [0.29, 0.717) is 30.1 Å². The zero-order valence-electron chi connectivity index (χ0n) is 13.2. The van der Waals surface area contributed by atoms with E-state index in [0.717, 1.165) is 18.4 Å². The molecule has 0 unspecified atom stereocenters. The molecule has 0 radical (unpaired) electrons. The molecule has 1 fully saturated rings. The van der Waals surface area contributed by atoms with Crippen LogP contribution >= 0.6 is 0 Å². The number of rotatable bonds is 5. The molecule has 1 aliphatic rings. The first-order valence-electron chi connectivity index (χ1n) is 7.85. The Balaban J connectivity index is 1.63. The summed E-state index contributed by atoms with van der Waals surface area (Å²) < 4.78 is 26.4. The van der Waals surface area contributed by atoms with E-state index in [1.165, 1.54) is 4.31 Å². The minimum atomic E-state index is -3.39. The summed E-state index contributed by atoms with van der Waals surface area (Å²) in [7, 11) is -3.39. The van der Waals surface area contributed by atoms with E-state index in [4.69, 9.17) is 0 Å². The molecule has 1 amide bonds. The molecular weight excluding hydrogens is 326 g/mol. The van der Waals surface area contributed by atoms with Gasteiger partial charge in [-0.15, -0.1) is 0 Å². The van der Waals surface area contributed by atoms with Crippen molar-refractivity contribution < 1.29 is 13.2 Å². The highest BCUT2D eigenvalue weighted by Gasteiger charge is 2.26. The fraction of sp³-hybridized carbons (Fsp3) is 0.294. The van der Waals surface area contributed by atoms with Crippen LogP contribution < -0.4 is 5.32 Å². The Morgan fingerprint density at radius 3 is 2.29 bits per heavy atom. The van der Waals surface area contributed by atoms with Gasteiger partial charge in [0.15, 0.2) is 0 Å². The summed E-state index contributed by atoms with van der Waals surface area (Å²) >= 11 is 0. The number of nitrogens with one attached hydrogen (secondary N) is 1. The molecule has 1 aliphatic heterocycles. The molecule has 3 rings (SSSR count). The second-order valence-electron chi connectivity index (χ2n) is 5.67. The molecule has 0 saturated carbocycles. The van der Waals surface area contributed by atoms with Gasteiger partial charge in [0.05, 0.1) is 4.90 Å². The fourth-order valence-electron chi connectivity index (χ4n) is 2.64. The van der Waals surface area contributed by atoms with Crippen LogP contribution in [0.5, 0.6) is 0 Å². The number of aromatic nitrogens is 1. The van der Waals surface area contributed by atoms with Crippen molar-refractivity contribution >= 4 is 15.9 Å². The second-order valence-corrected chi connectivity index (χ2v) is 7.61. The van der Waals surface area contributed by atoms with Crippen LogP contribution in [0.2, 0.25) is 0 Å². The summed E-state index contributed by atoms with van der Waals surface area (Å²) in [4.78, 5) is 16.1. The third kappa shape index (κ3) is 3.63. The average Bonchev–Trinajstić information content (AvgIpc) is 3.16. The Hall–Kier alpha value is -2.25. The number of hydrogen-bond donors (Lipinski definition) is 1. The molecule has 1 aromatic carbocycles. The highest BCUT2D eigenvalue weighted by atomic mass is 32.2. The van der Waals surface area contributed by atoms with Crippen molar-refractivity contribution in [3.63, 3.8) is 0 Å². The van der Waals surface area contributed by atoms with Gasteiger partial charge in [0.2, 0.25) is 10.0 Å². The molecule has 1 saturated heterocycles. The number of sulfonamides is 1. The zero-order valence-corrected chi connectivity index (χ0v) is 14.0. The van der Waals surface area contributed by atoms with Crippen molar-refractivity contribution in [3.05, 3.63) is 59.9 Å². The first-order valence-corrected chi connectivity index (χ1v) is 9.29. The number of amides is 1. The van der Waals surface area contributed by atoms with Gasteiger partial charge in [-0.1, -0.05) is 12.1 Å². The van der Waals surface area contributed by atoms with Gasteiger partial charge in [0.1, 0.15) is 0 Å². The number of carbonyl (C=O) groups excluding carboxylic acids is 1. The number of carbonyl (C=O) groups is 1. The van der Waals surface area contributed by atoms with Crippen molar-refractivity contribution in [2.75, 3.05) is 13.1 Å². The predicted molar refractivity (Wildman–Crippen MR) is 89.8 cm³/mol. The number of hydrogen-bond acceptors (Lipinski definition) is 4. The van der Waals surface area contributed by atoms with Crippen LogP contribution in [0.3, 0.4) is 0 Å². The molecular formula is C17H19N3O3S. The number of pyridine rings is 1.